The van der Waals surface area contributed by atoms with Gasteiger partial charge in [-0.05, 0) is 72.9 Å². The highest BCUT2D eigenvalue weighted by atomic mass is 19.1. The van der Waals surface area contributed by atoms with Crippen molar-refractivity contribution in [3.63, 3.8) is 0 Å². The summed E-state index contributed by atoms with van der Waals surface area (Å²) in [6.07, 6.45) is 12.5. The molecule has 0 saturated carbocycles. The number of rotatable bonds is 7. The molecule has 1 unspecified atom stereocenters. The molecule has 1 spiro atoms. The smallest absolute Gasteiger partial charge is 0.119 e. The van der Waals surface area contributed by atoms with Crippen LogP contribution in [0.1, 0.15) is 43.7 Å². The maximum atomic E-state index is 14.5. The standard InChI is InChI=1S/C31H38FN3O/c1-2-31(12-8-27(32)16-28(31)25-6-4-3-5-7-25)17-26-18-33-13-9-29(26)35-22-30(23-35)20-34(21-30)19-24-10-14-36-15-11-24/h3-9,13,16,18,24H,2,10-12,14-15,17,19-23H2,1H3. The number of ether oxygens (including phenoxy) is 1. The third-order valence-corrected chi connectivity index (χ3v) is 9.08. The van der Waals surface area contributed by atoms with E-state index in [1.807, 2.05) is 30.6 Å². The summed E-state index contributed by atoms with van der Waals surface area (Å²) in [4.78, 5) is 9.74. The number of halogens is 1. The third kappa shape index (κ3) is 4.52. The first-order valence-corrected chi connectivity index (χ1v) is 13.7. The van der Waals surface area contributed by atoms with E-state index in [2.05, 4.69) is 39.9 Å². The molecule has 6 rings (SSSR count). The number of allylic oxidation sites excluding steroid dienone is 4. The van der Waals surface area contributed by atoms with E-state index in [1.165, 1.54) is 43.7 Å². The lowest BCUT2D eigenvalue weighted by Crippen LogP contribution is -2.72. The molecular weight excluding hydrogens is 449 g/mol. The Morgan fingerprint density at radius 3 is 2.58 bits per heavy atom. The minimum atomic E-state index is -0.131. The minimum Gasteiger partial charge on any atom is -0.381 e. The van der Waals surface area contributed by atoms with Gasteiger partial charge < -0.3 is 14.5 Å². The highest BCUT2D eigenvalue weighted by molar-refractivity contribution is 5.74. The van der Waals surface area contributed by atoms with Crippen molar-refractivity contribution in [3.8, 4) is 0 Å². The molecule has 3 aliphatic heterocycles. The van der Waals surface area contributed by atoms with E-state index >= 15 is 0 Å². The van der Waals surface area contributed by atoms with Gasteiger partial charge in [0.1, 0.15) is 5.83 Å². The van der Waals surface area contributed by atoms with E-state index in [0.717, 1.165) is 62.6 Å². The first kappa shape index (κ1) is 23.9. The van der Waals surface area contributed by atoms with Gasteiger partial charge in [0.05, 0.1) is 0 Å². The number of anilines is 1. The van der Waals surface area contributed by atoms with Gasteiger partial charge in [-0.2, -0.15) is 0 Å². The van der Waals surface area contributed by atoms with Crippen molar-refractivity contribution in [2.75, 3.05) is 50.8 Å². The summed E-state index contributed by atoms with van der Waals surface area (Å²) in [6.45, 7) is 10.1. The monoisotopic (exact) mass is 487 g/mol. The van der Waals surface area contributed by atoms with E-state index in [9.17, 15) is 4.39 Å². The molecule has 0 amide bonds. The molecule has 3 fully saturated rings. The summed E-state index contributed by atoms with van der Waals surface area (Å²) in [5.41, 5.74) is 5.16. The second-order valence-corrected chi connectivity index (χ2v) is 11.6. The fourth-order valence-electron chi connectivity index (χ4n) is 7.08. The SMILES string of the molecule is CCC1(Cc2cnccc2N2CC3(CN(CC4CCOCC4)C3)C2)CC=C(F)C=C1c1ccccc1. The van der Waals surface area contributed by atoms with Crippen LogP contribution in [0.15, 0.2) is 66.8 Å². The van der Waals surface area contributed by atoms with Gasteiger partial charge in [-0.15, -0.1) is 0 Å². The van der Waals surface area contributed by atoms with Crippen LogP contribution in [0, 0.1) is 16.7 Å². The van der Waals surface area contributed by atoms with Gasteiger partial charge in [-0.25, -0.2) is 4.39 Å². The maximum absolute atomic E-state index is 14.5. The Morgan fingerprint density at radius 2 is 1.83 bits per heavy atom. The summed E-state index contributed by atoms with van der Waals surface area (Å²) in [7, 11) is 0. The normalized spacial score (nSPS) is 26.2. The molecule has 2 aromatic rings. The Morgan fingerprint density at radius 1 is 1.06 bits per heavy atom. The van der Waals surface area contributed by atoms with E-state index in [1.54, 1.807) is 12.2 Å². The van der Waals surface area contributed by atoms with Crippen LogP contribution in [0.5, 0.6) is 0 Å². The Balaban J connectivity index is 1.16. The van der Waals surface area contributed by atoms with Crippen LogP contribution >= 0.6 is 0 Å². The second-order valence-electron chi connectivity index (χ2n) is 11.6. The van der Waals surface area contributed by atoms with E-state index in [4.69, 9.17) is 4.74 Å². The molecule has 4 aliphatic rings. The second kappa shape index (κ2) is 9.75. The largest absolute Gasteiger partial charge is 0.381 e. The van der Waals surface area contributed by atoms with Crippen molar-refractivity contribution in [3.05, 3.63) is 77.9 Å². The first-order valence-electron chi connectivity index (χ1n) is 13.7. The predicted octanol–water partition coefficient (Wildman–Crippen LogP) is 5.91. The predicted molar refractivity (Wildman–Crippen MR) is 144 cm³/mol. The van der Waals surface area contributed by atoms with Crippen molar-refractivity contribution in [2.45, 2.75) is 39.0 Å². The van der Waals surface area contributed by atoms with Crippen LogP contribution in [0.3, 0.4) is 0 Å². The molecule has 4 nitrogen and oxygen atoms in total. The molecule has 0 radical (unpaired) electrons. The lowest BCUT2D eigenvalue weighted by molar-refractivity contribution is -0.0427. The van der Waals surface area contributed by atoms with Crippen molar-refractivity contribution in [1.82, 2.24) is 9.88 Å². The third-order valence-electron chi connectivity index (χ3n) is 9.08. The number of likely N-dealkylation sites (tertiary alicyclic amines) is 1. The molecule has 1 aromatic heterocycles. The number of aromatic nitrogens is 1. The molecule has 4 heterocycles. The van der Waals surface area contributed by atoms with Crippen molar-refractivity contribution >= 4 is 11.3 Å². The molecule has 1 atom stereocenters. The summed E-state index contributed by atoms with van der Waals surface area (Å²) >= 11 is 0. The van der Waals surface area contributed by atoms with Gasteiger partial charge in [0.2, 0.25) is 0 Å². The van der Waals surface area contributed by atoms with Crippen LogP contribution < -0.4 is 4.90 Å². The molecular formula is C31H38FN3O. The van der Waals surface area contributed by atoms with Crippen molar-refractivity contribution in [1.29, 1.82) is 0 Å². The van der Waals surface area contributed by atoms with E-state index in [-0.39, 0.29) is 11.2 Å². The Bertz CT molecular complexity index is 1130. The topological polar surface area (TPSA) is 28.6 Å². The average molecular weight is 488 g/mol. The molecule has 190 valence electrons. The number of hydrogen-bond acceptors (Lipinski definition) is 4. The zero-order chi connectivity index (χ0) is 24.6. The van der Waals surface area contributed by atoms with Gasteiger partial charge >= 0.3 is 0 Å². The van der Waals surface area contributed by atoms with Crippen LogP contribution in [-0.2, 0) is 11.2 Å². The van der Waals surface area contributed by atoms with Gasteiger partial charge in [0, 0.05) is 74.8 Å². The lowest BCUT2D eigenvalue weighted by Gasteiger charge is -2.62. The first-order chi connectivity index (χ1) is 17.6. The Hall–Kier alpha value is -2.50. The zero-order valence-electron chi connectivity index (χ0n) is 21.5. The fraction of sp³-hybridized carbons (Fsp3) is 0.516. The van der Waals surface area contributed by atoms with Crippen LogP contribution in [-0.4, -0.2) is 55.8 Å². The summed E-state index contributed by atoms with van der Waals surface area (Å²) in [6, 6.07) is 12.5. The van der Waals surface area contributed by atoms with Gasteiger partial charge in [0.15, 0.2) is 0 Å². The van der Waals surface area contributed by atoms with Crippen LogP contribution in [0.4, 0.5) is 10.1 Å². The summed E-state index contributed by atoms with van der Waals surface area (Å²) < 4.78 is 20.0. The molecule has 3 saturated heterocycles. The molecule has 1 aliphatic carbocycles. The number of pyridine rings is 1. The summed E-state index contributed by atoms with van der Waals surface area (Å²) in [5, 5.41) is 0. The molecule has 0 N–H and O–H groups in total. The number of nitrogens with zero attached hydrogens (tertiary/aromatic N) is 3. The highest BCUT2D eigenvalue weighted by Crippen LogP contribution is 2.50. The average Bonchev–Trinajstić information content (AvgIpc) is 2.87. The van der Waals surface area contributed by atoms with Crippen molar-refractivity contribution < 1.29 is 9.13 Å². The van der Waals surface area contributed by atoms with Crippen LogP contribution in [0.2, 0.25) is 0 Å². The molecule has 0 bridgehead atoms. The zero-order valence-corrected chi connectivity index (χ0v) is 21.5. The maximum Gasteiger partial charge on any atom is 0.119 e. The highest BCUT2D eigenvalue weighted by Gasteiger charge is 2.52. The van der Waals surface area contributed by atoms with E-state index < -0.39 is 0 Å². The minimum absolute atomic E-state index is 0.121. The summed E-state index contributed by atoms with van der Waals surface area (Å²) in [5.74, 6) is 0.690. The van der Waals surface area contributed by atoms with Crippen molar-refractivity contribution in [2.24, 2.45) is 16.7 Å². The van der Waals surface area contributed by atoms with Gasteiger partial charge in [-0.1, -0.05) is 37.3 Å². The van der Waals surface area contributed by atoms with Crippen LogP contribution in [0.25, 0.3) is 5.57 Å². The Labute approximate surface area is 214 Å². The molecule has 36 heavy (non-hydrogen) atoms. The molecule has 1 aromatic carbocycles. The molecule has 5 heteroatoms. The lowest BCUT2D eigenvalue weighted by atomic mass is 9.66. The fourth-order valence-corrected chi connectivity index (χ4v) is 7.08. The van der Waals surface area contributed by atoms with Gasteiger partial charge in [0.25, 0.3) is 0 Å². The number of benzene rings is 1. The Kier molecular flexibility index (Phi) is 6.47. The van der Waals surface area contributed by atoms with Gasteiger partial charge in [-0.3, -0.25) is 4.98 Å². The quantitative estimate of drug-likeness (QED) is 0.485. The van der Waals surface area contributed by atoms with E-state index in [0.29, 0.717) is 5.41 Å². The number of hydrogen-bond donors (Lipinski definition) is 0.